The fourth-order valence-electron chi connectivity index (χ4n) is 3.25. The van der Waals surface area contributed by atoms with Crippen LogP contribution in [0.5, 0.6) is 0 Å². The number of nitrogens with one attached hydrogen (secondary N) is 1. The molecule has 1 aromatic carbocycles. The van der Waals surface area contributed by atoms with Crippen LogP contribution in [0.3, 0.4) is 0 Å². The Kier molecular flexibility index (Phi) is 3.56. The topological polar surface area (TPSA) is 64.0 Å². The molecule has 0 saturated carbocycles. The summed E-state index contributed by atoms with van der Waals surface area (Å²) in [5.74, 6) is -0.448. The quantitative estimate of drug-likeness (QED) is 0.395. The Hall–Kier alpha value is -1.96. The van der Waals surface area contributed by atoms with Crippen molar-refractivity contribution in [3.8, 4) is 0 Å². The molecule has 1 N–H and O–H groups in total. The molecule has 2 aromatic heterocycles. The average Bonchev–Trinajstić information content (AvgIpc) is 2.89. The number of imide groups is 1. The third-order valence-electron chi connectivity index (χ3n) is 4.30. The first-order valence-corrected chi connectivity index (χ1v) is 8.99. The minimum Gasteiger partial charge on any atom is -0.313 e. The first kappa shape index (κ1) is 14.6. The fourth-order valence-corrected chi connectivity index (χ4v) is 3.72. The van der Waals surface area contributed by atoms with E-state index < -0.39 is 6.04 Å². The summed E-state index contributed by atoms with van der Waals surface area (Å²) in [6.07, 6.45) is 2.60. The molecule has 116 valence electrons. The minimum atomic E-state index is -0.395. The highest BCUT2D eigenvalue weighted by atomic mass is 127. The van der Waals surface area contributed by atoms with E-state index in [9.17, 15) is 9.59 Å². The van der Waals surface area contributed by atoms with Gasteiger partial charge in [0.25, 0.3) is 0 Å². The van der Waals surface area contributed by atoms with Gasteiger partial charge in [-0.1, -0.05) is 28.7 Å². The molecule has 1 unspecified atom stereocenters. The maximum Gasteiger partial charge on any atom is 0.249 e. The molecule has 1 aliphatic rings. The van der Waals surface area contributed by atoms with Crippen molar-refractivity contribution >= 4 is 56.3 Å². The maximum absolute atomic E-state index is 12.3. The number of nitrogens with zero attached hydrogens (tertiary/aromatic N) is 2. The highest BCUT2D eigenvalue weighted by molar-refractivity contribution is 14.1. The van der Waals surface area contributed by atoms with Gasteiger partial charge in [-0.3, -0.25) is 14.9 Å². The van der Waals surface area contributed by atoms with Crippen molar-refractivity contribution in [2.75, 3.05) is 0 Å². The average molecular weight is 419 g/mol. The lowest BCUT2D eigenvalue weighted by molar-refractivity contribution is -0.135. The van der Waals surface area contributed by atoms with Gasteiger partial charge in [0.05, 0.1) is 5.52 Å². The normalized spacial score (nSPS) is 18.6. The second-order valence-electron chi connectivity index (χ2n) is 5.70. The largest absolute Gasteiger partial charge is 0.313 e. The smallest absolute Gasteiger partial charge is 0.249 e. The number of hydrogen-bond acceptors (Lipinski definition) is 3. The molecule has 1 saturated heterocycles. The van der Waals surface area contributed by atoms with Gasteiger partial charge in [0, 0.05) is 27.8 Å². The number of fused-ring (bicyclic) bond motifs is 3. The number of piperidine rings is 1. The summed E-state index contributed by atoms with van der Waals surface area (Å²) in [6.45, 7) is 0. The molecule has 23 heavy (non-hydrogen) atoms. The second-order valence-corrected chi connectivity index (χ2v) is 6.46. The lowest BCUT2D eigenvalue weighted by atomic mass is 10.1. The predicted molar refractivity (Wildman–Crippen MR) is 96.4 cm³/mol. The summed E-state index contributed by atoms with van der Waals surface area (Å²) in [4.78, 5) is 28.3. The molecule has 4 rings (SSSR count). The van der Waals surface area contributed by atoms with Gasteiger partial charge in [0.15, 0.2) is 0 Å². The van der Waals surface area contributed by atoms with E-state index in [2.05, 4.69) is 51.1 Å². The monoisotopic (exact) mass is 419 g/mol. The van der Waals surface area contributed by atoms with Crippen molar-refractivity contribution in [3.05, 3.63) is 42.1 Å². The first-order valence-electron chi connectivity index (χ1n) is 7.46. The van der Waals surface area contributed by atoms with Gasteiger partial charge < -0.3 is 4.57 Å². The van der Waals surface area contributed by atoms with Gasteiger partial charge >= 0.3 is 0 Å². The zero-order valence-corrected chi connectivity index (χ0v) is 14.4. The first-order chi connectivity index (χ1) is 11.2. The Morgan fingerprint density at radius 3 is 2.91 bits per heavy atom. The van der Waals surface area contributed by atoms with Gasteiger partial charge in [-0.2, -0.15) is 0 Å². The van der Waals surface area contributed by atoms with Gasteiger partial charge in [-0.25, -0.2) is 4.98 Å². The lowest BCUT2D eigenvalue weighted by Gasteiger charge is -2.23. The van der Waals surface area contributed by atoms with Crippen molar-refractivity contribution in [3.63, 3.8) is 0 Å². The molecular formula is C17H14IN3O2. The number of rotatable bonds is 2. The highest BCUT2D eigenvalue weighted by Crippen LogP contribution is 2.34. The van der Waals surface area contributed by atoms with E-state index in [4.69, 9.17) is 0 Å². The van der Waals surface area contributed by atoms with Crippen LogP contribution in [0.25, 0.3) is 21.9 Å². The molecule has 1 fully saturated rings. The van der Waals surface area contributed by atoms with E-state index in [1.54, 1.807) is 6.20 Å². The molecule has 6 heteroatoms. The van der Waals surface area contributed by atoms with Crippen LogP contribution in [0.1, 0.15) is 24.4 Å². The highest BCUT2D eigenvalue weighted by Gasteiger charge is 2.30. The van der Waals surface area contributed by atoms with E-state index in [0.717, 1.165) is 26.4 Å². The van der Waals surface area contributed by atoms with Crippen molar-refractivity contribution in [2.45, 2.75) is 23.3 Å². The van der Waals surface area contributed by atoms with Crippen LogP contribution in [0.15, 0.2) is 36.5 Å². The fraction of sp³-hybridized carbons (Fsp3) is 0.235. The van der Waals surface area contributed by atoms with Crippen LogP contribution in [0, 0.1) is 0 Å². The number of benzene rings is 1. The zero-order valence-electron chi connectivity index (χ0n) is 12.3. The van der Waals surface area contributed by atoms with E-state index in [1.165, 1.54) is 5.56 Å². The Morgan fingerprint density at radius 2 is 2.13 bits per heavy atom. The molecule has 0 aliphatic carbocycles. The van der Waals surface area contributed by atoms with Crippen LogP contribution in [-0.2, 0) is 14.0 Å². The van der Waals surface area contributed by atoms with E-state index in [0.29, 0.717) is 12.8 Å². The summed E-state index contributed by atoms with van der Waals surface area (Å²) in [5, 5.41) is 4.59. The van der Waals surface area contributed by atoms with Crippen LogP contribution >= 0.6 is 22.6 Å². The lowest BCUT2D eigenvalue weighted by Crippen LogP contribution is -2.41. The molecular weight excluding hydrogens is 405 g/mol. The molecule has 0 spiro atoms. The molecule has 3 aromatic rings. The number of amides is 2. The Morgan fingerprint density at radius 1 is 1.26 bits per heavy atom. The molecule has 0 radical (unpaired) electrons. The Labute approximate surface area is 146 Å². The van der Waals surface area contributed by atoms with Crippen LogP contribution < -0.4 is 5.32 Å². The van der Waals surface area contributed by atoms with Crippen LogP contribution in [0.2, 0.25) is 0 Å². The predicted octanol–water partition coefficient (Wildman–Crippen LogP) is 3.10. The standard InChI is InChI=1S/C17H14IN3O2/c18-9-10-3-4-13-12(8-10)11-2-1-7-19-16(11)21(13)14-5-6-15(22)20-17(14)23/h1-4,7-8,14H,5-6,9H2,(H,20,22,23). The van der Waals surface area contributed by atoms with E-state index >= 15 is 0 Å². The third kappa shape index (κ3) is 2.32. The molecule has 1 atom stereocenters. The SMILES string of the molecule is O=C1CCC(n2c3ccc(CI)cc3c3cccnc32)C(=O)N1. The molecule has 3 heterocycles. The Balaban J connectivity index is 2.00. The van der Waals surface area contributed by atoms with Crippen LogP contribution in [-0.4, -0.2) is 21.4 Å². The van der Waals surface area contributed by atoms with Crippen molar-refractivity contribution in [1.29, 1.82) is 0 Å². The molecule has 5 nitrogen and oxygen atoms in total. The summed E-state index contributed by atoms with van der Waals surface area (Å²) in [7, 11) is 0. The van der Waals surface area contributed by atoms with Crippen molar-refractivity contribution in [2.24, 2.45) is 0 Å². The molecule has 0 bridgehead atoms. The van der Waals surface area contributed by atoms with Gasteiger partial charge in [-0.05, 0) is 36.2 Å². The summed E-state index contributed by atoms with van der Waals surface area (Å²) in [6, 6.07) is 9.84. The third-order valence-corrected chi connectivity index (χ3v) is 5.18. The van der Waals surface area contributed by atoms with Crippen molar-refractivity contribution in [1.82, 2.24) is 14.9 Å². The van der Waals surface area contributed by atoms with Gasteiger partial charge in [0.2, 0.25) is 11.8 Å². The summed E-state index contributed by atoms with van der Waals surface area (Å²) in [5.41, 5.74) is 3.02. The van der Waals surface area contributed by atoms with Crippen LogP contribution in [0.4, 0.5) is 0 Å². The number of aromatic nitrogens is 2. The van der Waals surface area contributed by atoms with Gasteiger partial charge in [0.1, 0.15) is 11.7 Å². The van der Waals surface area contributed by atoms with E-state index in [-0.39, 0.29) is 11.8 Å². The Bertz CT molecular complexity index is 948. The summed E-state index contributed by atoms with van der Waals surface area (Å²) >= 11 is 2.34. The number of alkyl halides is 1. The molecule has 2 amide bonds. The van der Waals surface area contributed by atoms with E-state index in [1.807, 2.05) is 16.7 Å². The van der Waals surface area contributed by atoms with Gasteiger partial charge in [-0.15, -0.1) is 0 Å². The zero-order chi connectivity index (χ0) is 16.0. The minimum absolute atomic E-state index is 0.202. The second kappa shape index (κ2) is 5.59. The number of carbonyl (C=O) groups excluding carboxylic acids is 2. The number of hydrogen-bond donors (Lipinski definition) is 1. The number of carbonyl (C=O) groups is 2. The number of pyridine rings is 1. The maximum atomic E-state index is 12.3. The van der Waals surface area contributed by atoms with Crippen molar-refractivity contribution < 1.29 is 9.59 Å². The molecule has 1 aliphatic heterocycles. The number of halogens is 1. The summed E-state index contributed by atoms with van der Waals surface area (Å²) < 4.78 is 2.91.